The van der Waals surface area contributed by atoms with Gasteiger partial charge >= 0.3 is 5.97 Å². The van der Waals surface area contributed by atoms with E-state index in [4.69, 9.17) is 4.74 Å². The molecular formula is C26H25N3O3. The summed E-state index contributed by atoms with van der Waals surface area (Å²) in [5.74, 6) is 0.0252. The Balaban J connectivity index is 1.50. The minimum atomic E-state index is -1.02. The molecule has 6 heteroatoms. The normalized spacial score (nSPS) is 10.8. The summed E-state index contributed by atoms with van der Waals surface area (Å²) < 4.78 is 5.51. The second-order valence-corrected chi connectivity index (χ2v) is 7.50. The molecule has 0 bridgehead atoms. The van der Waals surface area contributed by atoms with Gasteiger partial charge in [0.15, 0.2) is 0 Å². The first-order valence-corrected chi connectivity index (χ1v) is 10.6. The second kappa shape index (κ2) is 9.47. The molecule has 32 heavy (non-hydrogen) atoms. The van der Waals surface area contributed by atoms with Crippen molar-refractivity contribution in [3.8, 4) is 17.0 Å². The molecule has 0 unspecified atom stereocenters. The van der Waals surface area contributed by atoms with Gasteiger partial charge in [0, 0.05) is 18.2 Å². The maximum Gasteiger partial charge on any atom is 0.339 e. The third-order valence-electron chi connectivity index (χ3n) is 5.41. The van der Waals surface area contributed by atoms with E-state index in [0.717, 1.165) is 18.5 Å². The number of nitrogens with zero attached hydrogens (tertiary/aromatic N) is 2. The van der Waals surface area contributed by atoms with Crippen molar-refractivity contribution in [1.82, 2.24) is 9.97 Å². The molecule has 4 rings (SSSR count). The Hall–Kier alpha value is -3.93. The zero-order chi connectivity index (χ0) is 22.5. The first-order chi connectivity index (χ1) is 15.6. The Morgan fingerprint density at radius 3 is 2.62 bits per heavy atom. The average Bonchev–Trinajstić information content (AvgIpc) is 2.81. The summed E-state index contributed by atoms with van der Waals surface area (Å²) in [6.07, 6.45) is 2.37. The van der Waals surface area contributed by atoms with Crippen LogP contribution in [0, 0.1) is 6.92 Å². The number of ether oxygens (including phenoxy) is 1. The van der Waals surface area contributed by atoms with Gasteiger partial charge in [-0.15, -0.1) is 0 Å². The average molecular weight is 428 g/mol. The molecule has 162 valence electrons. The van der Waals surface area contributed by atoms with Crippen molar-refractivity contribution in [3.05, 3.63) is 83.7 Å². The predicted molar refractivity (Wildman–Crippen MR) is 126 cm³/mol. The Bertz CT molecular complexity index is 1270. The Morgan fingerprint density at radius 2 is 1.84 bits per heavy atom. The smallest absolute Gasteiger partial charge is 0.339 e. The maximum atomic E-state index is 11.4. The first-order valence-electron chi connectivity index (χ1n) is 10.6. The molecule has 3 aromatic carbocycles. The van der Waals surface area contributed by atoms with Crippen LogP contribution in [0.25, 0.3) is 22.0 Å². The fraction of sp³-hybridized carbons (Fsp3) is 0.192. The quantitative estimate of drug-likeness (QED) is 0.394. The number of hydrogen-bond acceptors (Lipinski definition) is 5. The van der Waals surface area contributed by atoms with Gasteiger partial charge in [-0.05, 0) is 54.3 Å². The van der Waals surface area contributed by atoms with E-state index >= 15 is 0 Å². The third-order valence-corrected chi connectivity index (χ3v) is 5.41. The van der Waals surface area contributed by atoms with E-state index in [2.05, 4.69) is 58.6 Å². The zero-order valence-electron chi connectivity index (χ0n) is 18.1. The summed E-state index contributed by atoms with van der Waals surface area (Å²) in [6.45, 7) is 5.06. The van der Waals surface area contributed by atoms with Crippen molar-refractivity contribution < 1.29 is 14.6 Å². The molecule has 0 aliphatic rings. The van der Waals surface area contributed by atoms with Gasteiger partial charge in [0.1, 0.15) is 23.5 Å². The molecule has 0 atom stereocenters. The van der Waals surface area contributed by atoms with Crippen molar-refractivity contribution >= 4 is 22.6 Å². The van der Waals surface area contributed by atoms with Crippen LogP contribution in [-0.4, -0.2) is 34.2 Å². The molecule has 0 aliphatic heterocycles. The fourth-order valence-corrected chi connectivity index (χ4v) is 3.80. The summed E-state index contributed by atoms with van der Waals surface area (Å²) >= 11 is 0. The van der Waals surface area contributed by atoms with Crippen molar-refractivity contribution in [2.45, 2.75) is 20.3 Å². The van der Waals surface area contributed by atoms with Gasteiger partial charge in [-0.1, -0.05) is 42.5 Å². The number of carboxylic acid groups (broad SMARTS) is 1. The lowest BCUT2D eigenvalue weighted by molar-refractivity contribution is 0.0692. The van der Waals surface area contributed by atoms with E-state index in [9.17, 15) is 9.90 Å². The van der Waals surface area contributed by atoms with Gasteiger partial charge < -0.3 is 15.2 Å². The molecule has 6 nitrogen and oxygen atoms in total. The molecule has 0 aliphatic carbocycles. The van der Waals surface area contributed by atoms with Crippen LogP contribution >= 0.6 is 0 Å². The topological polar surface area (TPSA) is 84.3 Å². The van der Waals surface area contributed by atoms with Gasteiger partial charge in [0.25, 0.3) is 0 Å². The van der Waals surface area contributed by atoms with E-state index < -0.39 is 5.97 Å². The van der Waals surface area contributed by atoms with Crippen LogP contribution in [0.4, 0.5) is 5.82 Å². The molecular weight excluding hydrogens is 402 g/mol. The Labute approximate surface area is 186 Å². The maximum absolute atomic E-state index is 11.4. The third kappa shape index (κ3) is 4.54. The standard InChI is InChI=1S/C26H25N3O3/c1-3-32-24-14-19(10-11-22(24)26(30)31)23-15-25(29-16-28-23)27-13-12-18-9-8-17(2)20-6-4-5-7-21(18)20/h4-11,14-16H,3,12-13H2,1-2H3,(H,30,31)(H,27,28,29). The number of carboxylic acids is 1. The molecule has 1 aromatic heterocycles. The lowest BCUT2D eigenvalue weighted by Gasteiger charge is -2.12. The van der Waals surface area contributed by atoms with E-state index in [0.29, 0.717) is 23.9 Å². The van der Waals surface area contributed by atoms with Gasteiger partial charge in [-0.3, -0.25) is 0 Å². The van der Waals surface area contributed by atoms with E-state index in [1.54, 1.807) is 18.2 Å². The van der Waals surface area contributed by atoms with Crippen molar-refractivity contribution in [2.24, 2.45) is 0 Å². The SMILES string of the molecule is CCOc1cc(-c2cc(NCCc3ccc(C)c4ccccc34)ncn2)ccc1C(=O)O. The van der Waals surface area contributed by atoms with Crippen molar-refractivity contribution in [3.63, 3.8) is 0 Å². The molecule has 0 saturated heterocycles. The monoisotopic (exact) mass is 427 g/mol. The number of aryl methyl sites for hydroxylation is 1. The number of rotatable bonds is 8. The Morgan fingerprint density at radius 1 is 1.03 bits per heavy atom. The van der Waals surface area contributed by atoms with Crippen LogP contribution in [0.15, 0.2) is 67.0 Å². The number of hydrogen-bond donors (Lipinski definition) is 2. The molecule has 4 aromatic rings. The van der Waals surface area contributed by atoms with Gasteiger partial charge in [0.05, 0.1) is 12.3 Å². The zero-order valence-corrected chi connectivity index (χ0v) is 18.1. The van der Waals surface area contributed by atoms with Crippen molar-refractivity contribution in [2.75, 3.05) is 18.5 Å². The summed E-state index contributed by atoms with van der Waals surface area (Å²) in [5.41, 5.74) is 4.17. The van der Waals surface area contributed by atoms with Crippen molar-refractivity contribution in [1.29, 1.82) is 0 Å². The second-order valence-electron chi connectivity index (χ2n) is 7.50. The van der Waals surface area contributed by atoms with Crippen LogP contribution in [-0.2, 0) is 6.42 Å². The molecule has 1 heterocycles. The largest absolute Gasteiger partial charge is 0.493 e. The van der Waals surface area contributed by atoms with Gasteiger partial charge in [-0.25, -0.2) is 14.8 Å². The highest BCUT2D eigenvalue weighted by atomic mass is 16.5. The highest BCUT2D eigenvalue weighted by Crippen LogP contribution is 2.27. The summed E-state index contributed by atoms with van der Waals surface area (Å²) in [4.78, 5) is 20.1. The van der Waals surface area contributed by atoms with E-state index in [1.165, 1.54) is 28.2 Å². The highest BCUT2D eigenvalue weighted by molar-refractivity contribution is 5.92. The molecule has 0 amide bonds. The van der Waals surface area contributed by atoms with Crippen LogP contribution in [0.5, 0.6) is 5.75 Å². The van der Waals surface area contributed by atoms with Crippen LogP contribution in [0.2, 0.25) is 0 Å². The minimum Gasteiger partial charge on any atom is -0.493 e. The number of aromatic nitrogens is 2. The van der Waals surface area contributed by atoms with Gasteiger partial charge in [0.2, 0.25) is 0 Å². The lowest BCUT2D eigenvalue weighted by atomic mass is 9.98. The highest BCUT2D eigenvalue weighted by Gasteiger charge is 2.13. The van der Waals surface area contributed by atoms with Gasteiger partial charge in [-0.2, -0.15) is 0 Å². The minimum absolute atomic E-state index is 0.133. The molecule has 0 radical (unpaired) electrons. The van der Waals surface area contributed by atoms with E-state index in [1.807, 2.05) is 13.0 Å². The number of nitrogens with one attached hydrogen (secondary N) is 1. The fourth-order valence-electron chi connectivity index (χ4n) is 3.80. The molecule has 0 spiro atoms. The first kappa shape index (κ1) is 21.3. The molecule has 0 fully saturated rings. The van der Waals surface area contributed by atoms with Crippen LogP contribution in [0.1, 0.15) is 28.4 Å². The lowest BCUT2D eigenvalue weighted by Crippen LogP contribution is -2.07. The number of carbonyl (C=O) groups is 1. The summed E-state index contributed by atoms with van der Waals surface area (Å²) in [6, 6.07) is 19.7. The molecule has 0 saturated carbocycles. The van der Waals surface area contributed by atoms with E-state index in [-0.39, 0.29) is 5.56 Å². The molecule has 2 N–H and O–H groups in total. The number of anilines is 1. The number of fused-ring (bicyclic) bond motifs is 1. The van der Waals surface area contributed by atoms with Crippen LogP contribution in [0.3, 0.4) is 0 Å². The number of aromatic carboxylic acids is 1. The summed E-state index contributed by atoms with van der Waals surface area (Å²) in [5, 5.41) is 15.3. The van der Waals surface area contributed by atoms with Crippen LogP contribution < -0.4 is 10.1 Å². The Kier molecular flexibility index (Phi) is 6.31. The number of benzene rings is 3. The predicted octanol–water partition coefficient (Wildman–Crippen LogP) is 5.36. The summed E-state index contributed by atoms with van der Waals surface area (Å²) in [7, 11) is 0.